The molecule has 0 spiro atoms. The van der Waals surface area contributed by atoms with Crippen LogP contribution in [0.5, 0.6) is 0 Å². The number of fused-ring (bicyclic) bond motifs is 3. The molecule has 3 aromatic rings. The van der Waals surface area contributed by atoms with Crippen molar-refractivity contribution in [3.63, 3.8) is 0 Å². The van der Waals surface area contributed by atoms with E-state index < -0.39 is 5.97 Å². The smallest absolute Gasteiger partial charge is 0.308 e. The summed E-state index contributed by atoms with van der Waals surface area (Å²) >= 11 is 0. The standard InChI is InChI=1S/C18H19N3O3/c1-2-14-19-15-12-7-3-4-8-13(12)24-16(15)17(20-14)21-9-5-6-11(10-21)18(22)23/h3-4,7-8,11H,2,5-6,9-10H2,1H3,(H,22,23). The lowest BCUT2D eigenvalue weighted by atomic mass is 9.98. The summed E-state index contributed by atoms with van der Waals surface area (Å²) in [6.45, 7) is 3.27. The van der Waals surface area contributed by atoms with Crippen molar-refractivity contribution in [2.45, 2.75) is 26.2 Å². The zero-order valence-electron chi connectivity index (χ0n) is 13.5. The maximum Gasteiger partial charge on any atom is 0.308 e. The van der Waals surface area contributed by atoms with Crippen LogP contribution >= 0.6 is 0 Å². The Kier molecular flexibility index (Phi) is 3.59. The summed E-state index contributed by atoms with van der Waals surface area (Å²) in [6.07, 6.45) is 2.27. The lowest BCUT2D eigenvalue weighted by Crippen LogP contribution is -2.39. The number of carbonyl (C=O) groups is 1. The number of para-hydroxylation sites is 1. The fraction of sp³-hybridized carbons (Fsp3) is 0.389. The molecule has 0 radical (unpaired) electrons. The topological polar surface area (TPSA) is 79.5 Å². The zero-order chi connectivity index (χ0) is 16.7. The number of anilines is 1. The molecule has 1 N–H and O–H groups in total. The number of carboxylic acid groups (broad SMARTS) is 1. The van der Waals surface area contributed by atoms with E-state index in [4.69, 9.17) is 4.42 Å². The van der Waals surface area contributed by atoms with Gasteiger partial charge in [-0.25, -0.2) is 9.97 Å². The molecule has 1 aromatic carbocycles. The molecular formula is C18H19N3O3. The monoisotopic (exact) mass is 325 g/mol. The number of piperidine rings is 1. The average Bonchev–Trinajstić information content (AvgIpc) is 2.99. The molecule has 0 bridgehead atoms. The van der Waals surface area contributed by atoms with Gasteiger partial charge in [0.1, 0.15) is 16.9 Å². The van der Waals surface area contributed by atoms with E-state index in [1.807, 2.05) is 36.1 Å². The molecule has 1 aliphatic rings. The van der Waals surface area contributed by atoms with Gasteiger partial charge in [0.2, 0.25) is 0 Å². The summed E-state index contributed by atoms with van der Waals surface area (Å²) in [5.41, 5.74) is 2.24. The molecule has 124 valence electrons. The van der Waals surface area contributed by atoms with Crippen LogP contribution in [0, 0.1) is 5.92 Å². The number of furan rings is 1. The van der Waals surface area contributed by atoms with E-state index in [0.29, 0.717) is 18.5 Å². The zero-order valence-corrected chi connectivity index (χ0v) is 13.5. The Morgan fingerprint density at radius 2 is 2.21 bits per heavy atom. The van der Waals surface area contributed by atoms with Crippen LogP contribution in [0.2, 0.25) is 0 Å². The van der Waals surface area contributed by atoms with Crippen LogP contribution in [0.1, 0.15) is 25.6 Å². The van der Waals surface area contributed by atoms with Gasteiger partial charge in [0.15, 0.2) is 11.4 Å². The number of rotatable bonds is 3. The third-order valence-electron chi connectivity index (χ3n) is 4.63. The number of carboxylic acids is 1. The first kappa shape index (κ1) is 14.9. The summed E-state index contributed by atoms with van der Waals surface area (Å²) < 4.78 is 6.02. The molecule has 1 fully saturated rings. The summed E-state index contributed by atoms with van der Waals surface area (Å²) in [7, 11) is 0. The van der Waals surface area contributed by atoms with Crippen molar-refractivity contribution < 1.29 is 14.3 Å². The fourth-order valence-corrected chi connectivity index (χ4v) is 3.37. The highest BCUT2D eigenvalue weighted by molar-refractivity contribution is 6.05. The summed E-state index contributed by atoms with van der Waals surface area (Å²) in [6, 6.07) is 7.81. The maximum atomic E-state index is 11.4. The second-order valence-corrected chi connectivity index (χ2v) is 6.22. The Hall–Kier alpha value is -2.63. The third-order valence-corrected chi connectivity index (χ3v) is 4.63. The number of nitrogens with zero attached hydrogens (tertiary/aromatic N) is 3. The van der Waals surface area contributed by atoms with Gasteiger partial charge < -0.3 is 14.4 Å². The number of hydrogen-bond donors (Lipinski definition) is 1. The minimum atomic E-state index is -0.745. The molecule has 6 heteroatoms. The largest absolute Gasteiger partial charge is 0.481 e. The van der Waals surface area contributed by atoms with E-state index in [-0.39, 0.29) is 5.92 Å². The predicted octanol–water partition coefficient (Wildman–Crippen LogP) is 3.24. The van der Waals surface area contributed by atoms with Gasteiger partial charge in [-0.15, -0.1) is 0 Å². The number of aryl methyl sites for hydroxylation is 1. The average molecular weight is 325 g/mol. The van der Waals surface area contributed by atoms with Crippen LogP contribution in [-0.4, -0.2) is 34.1 Å². The second-order valence-electron chi connectivity index (χ2n) is 6.22. The fourth-order valence-electron chi connectivity index (χ4n) is 3.37. The van der Waals surface area contributed by atoms with Crippen molar-refractivity contribution in [1.82, 2.24) is 9.97 Å². The van der Waals surface area contributed by atoms with E-state index >= 15 is 0 Å². The molecule has 1 aliphatic heterocycles. The van der Waals surface area contributed by atoms with Gasteiger partial charge in [-0.3, -0.25) is 4.79 Å². The first-order valence-electron chi connectivity index (χ1n) is 8.33. The van der Waals surface area contributed by atoms with E-state index in [1.54, 1.807) is 0 Å². The van der Waals surface area contributed by atoms with E-state index in [1.165, 1.54) is 0 Å². The highest BCUT2D eigenvalue weighted by atomic mass is 16.4. The molecule has 6 nitrogen and oxygen atoms in total. The minimum absolute atomic E-state index is 0.363. The van der Waals surface area contributed by atoms with Gasteiger partial charge in [0, 0.05) is 24.9 Å². The molecule has 0 amide bonds. The van der Waals surface area contributed by atoms with Crippen molar-refractivity contribution in [3.8, 4) is 0 Å². The molecule has 3 heterocycles. The van der Waals surface area contributed by atoms with Gasteiger partial charge in [-0.05, 0) is 25.0 Å². The number of aromatic nitrogens is 2. The molecule has 1 atom stereocenters. The van der Waals surface area contributed by atoms with Crippen LogP contribution in [0.15, 0.2) is 28.7 Å². The molecule has 0 aliphatic carbocycles. The Morgan fingerprint density at radius 1 is 1.38 bits per heavy atom. The Balaban J connectivity index is 1.88. The summed E-state index contributed by atoms with van der Waals surface area (Å²) in [5, 5.41) is 10.3. The van der Waals surface area contributed by atoms with Gasteiger partial charge in [-0.2, -0.15) is 0 Å². The molecule has 1 unspecified atom stereocenters. The van der Waals surface area contributed by atoms with E-state index in [0.717, 1.165) is 47.5 Å². The highest BCUT2D eigenvalue weighted by Gasteiger charge is 2.28. The Morgan fingerprint density at radius 3 is 3.00 bits per heavy atom. The first-order chi connectivity index (χ1) is 11.7. The SMILES string of the molecule is CCc1nc(N2CCCC(C(=O)O)C2)c2oc3ccccc3c2n1. The quantitative estimate of drug-likeness (QED) is 0.796. The number of aliphatic carboxylic acids is 1. The molecule has 2 aromatic heterocycles. The number of benzene rings is 1. The molecule has 0 saturated carbocycles. The van der Waals surface area contributed by atoms with E-state index in [9.17, 15) is 9.90 Å². The molecule has 4 rings (SSSR count). The first-order valence-corrected chi connectivity index (χ1v) is 8.33. The normalized spacial score (nSPS) is 18.4. The van der Waals surface area contributed by atoms with E-state index in [2.05, 4.69) is 9.97 Å². The van der Waals surface area contributed by atoms with Crippen molar-refractivity contribution in [1.29, 1.82) is 0 Å². The van der Waals surface area contributed by atoms with Crippen LogP contribution in [0.25, 0.3) is 22.1 Å². The van der Waals surface area contributed by atoms with Crippen LogP contribution in [0.3, 0.4) is 0 Å². The van der Waals surface area contributed by atoms with Crippen LogP contribution in [0.4, 0.5) is 5.82 Å². The van der Waals surface area contributed by atoms with Crippen molar-refractivity contribution >= 4 is 33.9 Å². The molecular weight excluding hydrogens is 306 g/mol. The van der Waals surface area contributed by atoms with Crippen molar-refractivity contribution in [2.24, 2.45) is 5.92 Å². The van der Waals surface area contributed by atoms with Gasteiger partial charge >= 0.3 is 5.97 Å². The summed E-state index contributed by atoms with van der Waals surface area (Å²) in [4.78, 5) is 22.7. The number of hydrogen-bond acceptors (Lipinski definition) is 5. The van der Waals surface area contributed by atoms with Crippen LogP contribution < -0.4 is 4.90 Å². The Bertz CT molecular complexity index is 918. The van der Waals surface area contributed by atoms with Gasteiger partial charge in [0.05, 0.1) is 5.92 Å². The van der Waals surface area contributed by atoms with Crippen molar-refractivity contribution in [3.05, 3.63) is 30.1 Å². The second kappa shape index (κ2) is 5.78. The predicted molar refractivity (Wildman–Crippen MR) is 91.3 cm³/mol. The van der Waals surface area contributed by atoms with Crippen molar-refractivity contribution in [2.75, 3.05) is 18.0 Å². The molecule has 24 heavy (non-hydrogen) atoms. The van der Waals surface area contributed by atoms with Crippen LogP contribution in [-0.2, 0) is 11.2 Å². The lowest BCUT2D eigenvalue weighted by molar-refractivity contribution is -0.141. The molecule has 1 saturated heterocycles. The minimum Gasteiger partial charge on any atom is -0.481 e. The highest BCUT2D eigenvalue weighted by Crippen LogP contribution is 2.34. The maximum absolute atomic E-state index is 11.4. The van der Waals surface area contributed by atoms with Gasteiger partial charge in [-0.1, -0.05) is 19.1 Å². The third kappa shape index (κ3) is 2.38. The summed E-state index contributed by atoms with van der Waals surface area (Å²) in [5.74, 6) is 0.365. The lowest BCUT2D eigenvalue weighted by Gasteiger charge is -2.31. The Labute approximate surface area is 139 Å². The van der Waals surface area contributed by atoms with Gasteiger partial charge in [0.25, 0.3) is 0 Å².